The first kappa shape index (κ1) is 16.8. The predicted octanol–water partition coefficient (Wildman–Crippen LogP) is 3.16. The number of halogens is 1. The molecular weight excluding hydrogens is 329 g/mol. The van der Waals surface area contributed by atoms with Crippen LogP contribution in [0.5, 0.6) is 5.75 Å². The van der Waals surface area contributed by atoms with Crippen LogP contribution in [0.25, 0.3) is 21.3 Å². The second kappa shape index (κ2) is 7.65. The molecule has 7 heteroatoms. The zero-order chi connectivity index (χ0) is 16.9. The number of thiophene rings is 1. The quantitative estimate of drug-likeness (QED) is 0.665. The number of aryl methyl sites for hydroxylation is 1. The summed E-state index contributed by atoms with van der Waals surface area (Å²) in [5.74, 6) is 0.0679. The van der Waals surface area contributed by atoms with Gasteiger partial charge in [-0.15, -0.1) is 16.4 Å². The Morgan fingerprint density at radius 2 is 2.04 bits per heavy atom. The van der Waals surface area contributed by atoms with E-state index in [9.17, 15) is 4.39 Å². The van der Waals surface area contributed by atoms with Crippen molar-refractivity contribution in [2.45, 2.75) is 6.92 Å². The Kier molecular flexibility index (Phi) is 5.34. The van der Waals surface area contributed by atoms with Gasteiger partial charge in [0, 0.05) is 23.6 Å². The number of hydrogen-bond acceptors (Lipinski definition) is 6. The number of aromatic nitrogens is 2. The SMILES string of the molecule is Cc1nnc(-c2ccc(F)cc2OCCOCCN)c2sccc12. The van der Waals surface area contributed by atoms with E-state index in [0.29, 0.717) is 37.8 Å². The van der Waals surface area contributed by atoms with Crippen LogP contribution in [0.1, 0.15) is 5.69 Å². The summed E-state index contributed by atoms with van der Waals surface area (Å²) in [6.45, 7) is 3.55. The van der Waals surface area contributed by atoms with Crippen molar-refractivity contribution in [3.8, 4) is 17.0 Å². The van der Waals surface area contributed by atoms with Gasteiger partial charge < -0.3 is 15.2 Å². The molecule has 0 spiro atoms. The van der Waals surface area contributed by atoms with Crippen molar-refractivity contribution in [3.05, 3.63) is 41.2 Å². The van der Waals surface area contributed by atoms with E-state index in [1.165, 1.54) is 12.1 Å². The maximum Gasteiger partial charge on any atom is 0.131 e. The Morgan fingerprint density at radius 1 is 1.17 bits per heavy atom. The van der Waals surface area contributed by atoms with Gasteiger partial charge in [-0.1, -0.05) is 0 Å². The molecule has 1 aromatic carbocycles. The van der Waals surface area contributed by atoms with E-state index in [2.05, 4.69) is 10.2 Å². The molecule has 5 nitrogen and oxygen atoms in total. The summed E-state index contributed by atoms with van der Waals surface area (Å²) in [5, 5.41) is 11.6. The Morgan fingerprint density at radius 3 is 2.88 bits per heavy atom. The molecule has 3 aromatic rings. The van der Waals surface area contributed by atoms with Crippen molar-refractivity contribution in [3.63, 3.8) is 0 Å². The lowest BCUT2D eigenvalue weighted by Gasteiger charge is -2.12. The second-order valence-electron chi connectivity index (χ2n) is 5.19. The van der Waals surface area contributed by atoms with E-state index in [-0.39, 0.29) is 5.82 Å². The maximum atomic E-state index is 13.6. The van der Waals surface area contributed by atoms with E-state index in [1.54, 1.807) is 17.4 Å². The average molecular weight is 347 g/mol. The monoisotopic (exact) mass is 347 g/mol. The minimum Gasteiger partial charge on any atom is -0.490 e. The van der Waals surface area contributed by atoms with E-state index in [0.717, 1.165) is 21.3 Å². The van der Waals surface area contributed by atoms with Crippen LogP contribution < -0.4 is 10.5 Å². The molecular formula is C17H18FN3O2S. The number of nitrogens with zero attached hydrogens (tertiary/aromatic N) is 2. The standard InChI is InChI=1S/C17H18FN3O2S/c1-11-13-4-9-24-17(13)16(21-20-11)14-3-2-12(18)10-15(14)23-8-7-22-6-5-19/h2-4,9-10H,5-8,19H2,1H3. The number of rotatable bonds is 7. The highest BCUT2D eigenvalue weighted by atomic mass is 32.1. The van der Waals surface area contributed by atoms with E-state index < -0.39 is 0 Å². The van der Waals surface area contributed by atoms with Crippen LogP contribution in [0, 0.1) is 12.7 Å². The summed E-state index contributed by atoms with van der Waals surface area (Å²) in [6, 6.07) is 6.44. The highest BCUT2D eigenvalue weighted by molar-refractivity contribution is 7.17. The summed E-state index contributed by atoms with van der Waals surface area (Å²) in [6.07, 6.45) is 0. The summed E-state index contributed by atoms with van der Waals surface area (Å²) in [5.41, 5.74) is 7.65. The van der Waals surface area contributed by atoms with Crippen molar-refractivity contribution in [1.82, 2.24) is 10.2 Å². The smallest absolute Gasteiger partial charge is 0.131 e. The summed E-state index contributed by atoms with van der Waals surface area (Å²) >= 11 is 1.58. The highest BCUT2D eigenvalue weighted by Crippen LogP contribution is 2.36. The van der Waals surface area contributed by atoms with Crippen molar-refractivity contribution in [1.29, 1.82) is 0 Å². The lowest BCUT2D eigenvalue weighted by molar-refractivity contribution is 0.106. The molecule has 3 rings (SSSR count). The van der Waals surface area contributed by atoms with Crippen LogP contribution >= 0.6 is 11.3 Å². The third-order valence-corrected chi connectivity index (χ3v) is 4.44. The summed E-state index contributed by atoms with van der Waals surface area (Å²) in [4.78, 5) is 0. The molecule has 24 heavy (non-hydrogen) atoms. The van der Waals surface area contributed by atoms with Crippen LogP contribution in [0.3, 0.4) is 0 Å². The van der Waals surface area contributed by atoms with Crippen molar-refractivity contribution in [2.75, 3.05) is 26.4 Å². The van der Waals surface area contributed by atoms with E-state index in [1.807, 2.05) is 18.4 Å². The van der Waals surface area contributed by atoms with Gasteiger partial charge in [0.15, 0.2) is 0 Å². The van der Waals surface area contributed by atoms with Gasteiger partial charge in [-0.3, -0.25) is 0 Å². The minimum absolute atomic E-state index is 0.309. The van der Waals surface area contributed by atoms with Gasteiger partial charge in [-0.2, -0.15) is 5.10 Å². The van der Waals surface area contributed by atoms with Crippen LogP contribution in [0.2, 0.25) is 0 Å². The third kappa shape index (κ3) is 3.53. The first-order chi connectivity index (χ1) is 11.7. The fraction of sp³-hybridized carbons (Fsp3) is 0.294. The van der Waals surface area contributed by atoms with E-state index >= 15 is 0 Å². The molecule has 2 aromatic heterocycles. The van der Waals surface area contributed by atoms with Gasteiger partial charge in [0.25, 0.3) is 0 Å². The first-order valence-electron chi connectivity index (χ1n) is 7.61. The number of hydrogen-bond donors (Lipinski definition) is 1. The Labute approximate surface area is 143 Å². The highest BCUT2D eigenvalue weighted by Gasteiger charge is 2.15. The zero-order valence-corrected chi connectivity index (χ0v) is 14.1. The molecule has 0 bridgehead atoms. The molecule has 0 aliphatic heterocycles. The number of ether oxygens (including phenoxy) is 2. The van der Waals surface area contributed by atoms with Gasteiger partial charge in [0.1, 0.15) is 23.9 Å². The van der Waals surface area contributed by atoms with Gasteiger partial charge in [-0.05, 0) is 30.5 Å². The Balaban J connectivity index is 1.92. The van der Waals surface area contributed by atoms with Crippen molar-refractivity contribution in [2.24, 2.45) is 5.73 Å². The fourth-order valence-electron chi connectivity index (χ4n) is 2.39. The molecule has 0 saturated heterocycles. The fourth-order valence-corrected chi connectivity index (χ4v) is 3.33. The summed E-state index contributed by atoms with van der Waals surface area (Å²) in [7, 11) is 0. The molecule has 2 heterocycles. The third-order valence-electron chi connectivity index (χ3n) is 3.52. The minimum atomic E-state index is -0.362. The molecule has 0 atom stereocenters. The normalized spacial score (nSPS) is 11.1. The summed E-state index contributed by atoms with van der Waals surface area (Å²) < 4.78 is 25.7. The molecule has 0 unspecified atom stereocenters. The number of nitrogens with two attached hydrogens (primary N) is 1. The van der Waals surface area contributed by atoms with Crippen LogP contribution in [0.15, 0.2) is 29.6 Å². The topological polar surface area (TPSA) is 70.3 Å². The van der Waals surface area contributed by atoms with Gasteiger partial charge in [-0.25, -0.2) is 4.39 Å². The van der Waals surface area contributed by atoms with Gasteiger partial charge in [0.2, 0.25) is 0 Å². The maximum absolute atomic E-state index is 13.6. The molecule has 0 aliphatic rings. The van der Waals surface area contributed by atoms with E-state index in [4.69, 9.17) is 15.2 Å². The second-order valence-corrected chi connectivity index (χ2v) is 6.10. The average Bonchev–Trinajstić information content (AvgIpc) is 3.06. The molecule has 126 valence electrons. The van der Waals surface area contributed by atoms with Crippen molar-refractivity contribution >= 4 is 21.4 Å². The zero-order valence-electron chi connectivity index (χ0n) is 13.3. The largest absolute Gasteiger partial charge is 0.490 e. The lowest BCUT2D eigenvalue weighted by Crippen LogP contribution is -2.13. The molecule has 2 N–H and O–H groups in total. The molecule has 0 fully saturated rings. The van der Waals surface area contributed by atoms with Crippen LogP contribution in [-0.2, 0) is 4.74 Å². The molecule has 0 radical (unpaired) electrons. The Hall–Kier alpha value is -2.09. The molecule has 0 aliphatic carbocycles. The molecule has 0 amide bonds. The first-order valence-corrected chi connectivity index (χ1v) is 8.49. The Bertz CT molecular complexity index is 838. The van der Waals surface area contributed by atoms with Crippen molar-refractivity contribution < 1.29 is 13.9 Å². The van der Waals surface area contributed by atoms with Gasteiger partial charge >= 0.3 is 0 Å². The van der Waals surface area contributed by atoms with Gasteiger partial charge in [0.05, 0.1) is 23.6 Å². The number of benzene rings is 1. The predicted molar refractivity (Wildman–Crippen MR) is 92.9 cm³/mol. The lowest BCUT2D eigenvalue weighted by atomic mass is 10.1. The molecule has 0 saturated carbocycles. The van der Waals surface area contributed by atoms with Crippen LogP contribution in [0.4, 0.5) is 4.39 Å². The van der Waals surface area contributed by atoms with Crippen LogP contribution in [-0.4, -0.2) is 36.6 Å². The number of fused-ring (bicyclic) bond motifs is 1.